The summed E-state index contributed by atoms with van der Waals surface area (Å²) in [6, 6.07) is 0.362. The van der Waals surface area contributed by atoms with Gasteiger partial charge < -0.3 is 15.3 Å². The first-order chi connectivity index (χ1) is 9.94. The molecule has 0 aromatic heterocycles. The van der Waals surface area contributed by atoms with E-state index in [0.717, 1.165) is 32.5 Å². The van der Waals surface area contributed by atoms with Gasteiger partial charge in [-0.3, -0.25) is 0 Å². The highest BCUT2D eigenvalue weighted by molar-refractivity contribution is 4.88. The lowest BCUT2D eigenvalue weighted by molar-refractivity contribution is 0.0100. The second-order valence-electron chi connectivity index (χ2n) is 7.57. The van der Waals surface area contributed by atoms with Crippen molar-refractivity contribution in [2.75, 3.05) is 26.7 Å². The summed E-state index contributed by atoms with van der Waals surface area (Å²) in [4.78, 5) is 2.44. The highest BCUT2D eigenvalue weighted by Crippen LogP contribution is 2.30. The van der Waals surface area contributed by atoms with Gasteiger partial charge in [-0.2, -0.15) is 0 Å². The molecule has 3 nitrogen and oxygen atoms in total. The van der Waals surface area contributed by atoms with E-state index in [9.17, 15) is 5.11 Å². The minimum Gasteiger partial charge on any atom is -0.391 e. The molecule has 3 heteroatoms. The van der Waals surface area contributed by atoms with Gasteiger partial charge in [0, 0.05) is 19.1 Å². The second kappa shape index (κ2) is 9.12. The molecule has 0 aromatic carbocycles. The Balaban J connectivity index is 2.58. The van der Waals surface area contributed by atoms with E-state index in [1.54, 1.807) is 0 Å². The third kappa shape index (κ3) is 5.88. The van der Waals surface area contributed by atoms with Crippen molar-refractivity contribution in [2.24, 2.45) is 11.3 Å². The third-order valence-electron chi connectivity index (χ3n) is 5.40. The van der Waals surface area contributed by atoms with Crippen molar-refractivity contribution in [3.8, 4) is 0 Å². The SMILES string of the molecule is CCC(CC)(CNCC(C)C)CN(C)C1CCCCC1O. The van der Waals surface area contributed by atoms with Crippen LogP contribution >= 0.6 is 0 Å². The van der Waals surface area contributed by atoms with Crippen LogP contribution < -0.4 is 5.32 Å². The fraction of sp³-hybridized carbons (Fsp3) is 1.00. The van der Waals surface area contributed by atoms with Gasteiger partial charge in [0.15, 0.2) is 0 Å². The molecular formula is C18H38N2O. The van der Waals surface area contributed by atoms with Gasteiger partial charge in [-0.15, -0.1) is 0 Å². The van der Waals surface area contributed by atoms with Crippen LogP contribution in [0.25, 0.3) is 0 Å². The minimum atomic E-state index is -0.126. The topological polar surface area (TPSA) is 35.5 Å². The lowest BCUT2D eigenvalue weighted by Crippen LogP contribution is -2.50. The van der Waals surface area contributed by atoms with Crippen molar-refractivity contribution in [1.29, 1.82) is 0 Å². The van der Waals surface area contributed by atoms with E-state index in [4.69, 9.17) is 0 Å². The predicted molar refractivity (Wildman–Crippen MR) is 91.6 cm³/mol. The van der Waals surface area contributed by atoms with Crippen LogP contribution in [0.2, 0.25) is 0 Å². The van der Waals surface area contributed by atoms with E-state index < -0.39 is 0 Å². The highest BCUT2D eigenvalue weighted by atomic mass is 16.3. The van der Waals surface area contributed by atoms with Gasteiger partial charge in [-0.1, -0.05) is 40.5 Å². The van der Waals surface area contributed by atoms with Crippen molar-refractivity contribution in [3.63, 3.8) is 0 Å². The Morgan fingerprint density at radius 1 is 1.19 bits per heavy atom. The number of rotatable bonds is 9. The molecule has 2 unspecified atom stereocenters. The first kappa shape index (κ1) is 18.9. The summed E-state index contributed by atoms with van der Waals surface area (Å²) >= 11 is 0. The molecule has 0 spiro atoms. The van der Waals surface area contributed by atoms with Crippen LogP contribution in [0.5, 0.6) is 0 Å². The summed E-state index contributed by atoms with van der Waals surface area (Å²) in [5, 5.41) is 13.9. The number of nitrogens with one attached hydrogen (secondary N) is 1. The molecule has 1 fully saturated rings. The quantitative estimate of drug-likeness (QED) is 0.686. The van der Waals surface area contributed by atoms with Crippen LogP contribution in [0.3, 0.4) is 0 Å². The summed E-state index contributed by atoms with van der Waals surface area (Å²) in [5.74, 6) is 0.703. The smallest absolute Gasteiger partial charge is 0.0695 e. The number of aliphatic hydroxyl groups is 1. The summed E-state index contributed by atoms with van der Waals surface area (Å²) in [5.41, 5.74) is 0.334. The third-order valence-corrected chi connectivity index (χ3v) is 5.40. The fourth-order valence-electron chi connectivity index (χ4n) is 3.66. The molecular weight excluding hydrogens is 260 g/mol. The Morgan fingerprint density at radius 2 is 1.81 bits per heavy atom. The van der Waals surface area contributed by atoms with E-state index in [0.29, 0.717) is 17.4 Å². The van der Waals surface area contributed by atoms with Crippen molar-refractivity contribution < 1.29 is 5.11 Å². The zero-order chi connectivity index (χ0) is 15.9. The molecule has 1 rings (SSSR count). The van der Waals surface area contributed by atoms with Crippen molar-refractivity contribution in [3.05, 3.63) is 0 Å². The Bertz CT molecular complexity index is 276. The summed E-state index contributed by atoms with van der Waals surface area (Å²) in [7, 11) is 2.21. The van der Waals surface area contributed by atoms with Gasteiger partial charge in [-0.25, -0.2) is 0 Å². The Labute approximate surface area is 132 Å². The molecule has 0 amide bonds. The Morgan fingerprint density at radius 3 is 2.33 bits per heavy atom. The largest absolute Gasteiger partial charge is 0.391 e. The summed E-state index contributed by atoms with van der Waals surface area (Å²) < 4.78 is 0. The number of likely N-dealkylation sites (N-methyl/N-ethyl adjacent to an activating group) is 1. The van der Waals surface area contributed by atoms with Gasteiger partial charge in [0.05, 0.1) is 6.10 Å². The molecule has 0 aromatic rings. The summed E-state index contributed by atoms with van der Waals surface area (Å²) in [6.45, 7) is 12.4. The zero-order valence-electron chi connectivity index (χ0n) is 15.0. The monoisotopic (exact) mass is 298 g/mol. The van der Waals surface area contributed by atoms with Crippen LogP contribution in [-0.4, -0.2) is 48.8 Å². The number of hydrogen-bond acceptors (Lipinski definition) is 3. The summed E-state index contributed by atoms with van der Waals surface area (Å²) in [6.07, 6.45) is 6.85. The zero-order valence-corrected chi connectivity index (χ0v) is 15.0. The molecule has 21 heavy (non-hydrogen) atoms. The van der Waals surface area contributed by atoms with Gasteiger partial charge in [0.1, 0.15) is 0 Å². The maximum atomic E-state index is 10.3. The van der Waals surface area contributed by atoms with E-state index in [1.807, 2.05) is 0 Å². The molecule has 126 valence electrons. The second-order valence-corrected chi connectivity index (χ2v) is 7.57. The standard InChI is InChI=1S/C18H38N2O/c1-6-18(7-2,13-19-12-15(3)4)14-20(5)16-10-8-9-11-17(16)21/h15-17,19,21H,6-14H2,1-5H3. The number of hydrogen-bond donors (Lipinski definition) is 2. The van der Waals surface area contributed by atoms with Gasteiger partial charge >= 0.3 is 0 Å². The molecule has 0 saturated heterocycles. The fourth-order valence-corrected chi connectivity index (χ4v) is 3.66. The van der Waals surface area contributed by atoms with Gasteiger partial charge in [0.25, 0.3) is 0 Å². The van der Waals surface area contributed by atoms with Crippen LogP contribution in [0, 0.1) is 11.3 Å². The minimum absolute atomic E-state index is 0.126. The lowest BCUT2D eigenvalue weighted by Gasteiger charge is -2.42. The average molecular weight is 299 g/mol. The number of aliphatic hydroxyl groups excluding tert-OH is 1. The Hall–Kier alpha value is -0.120. The first-order valence-corrected chi connectivity index (χ1v) is 9.03. The molecule has 2 atom stereocenters. The molecule has 0 aliphatic heterocycles. The molecule has 0 heterocycles. The van der Waals surface area contributed by atoms with Gasteiger partial charge in [0.2, 0.25) is 0 Å². The molecule has 2 N–H and O–H groups in total. The molecule has 1 aliphatic carbocycles. The van der Waals surface area contributed by atoms with E-state index in [1.165, 1.54) is 25.7 Å². The Kier molecular flexibility index (Phi) is 8.22. The van der Waals surface area contributed by atoms with Crippen LogP contribution in [0.1, 0.15) is 66.2 Å². The highest BCUT2D eigenvalue weighted by Gasteiger charge is 2.33. The van der Waals surface area contributed by atoms with Gasteiger partial charge in [-0.05, 0) is 50.6 Å². The molecule has 0 bridgehead atoms. The van der Waals surface area contributed by atoms with Crippen LogP contribution in [0.15, 0.2) is 0 Å². The van der Waals surface area contributed by atoms with Crippen molar-refractivity contribution in [2.45, 2.75) is 78.4 Å². The lowest BCUT2D eigenvalue weighted by atomic mass is 9.80. The number of nitrogens with zero attached hydrogens (tertiary/aromatic N) is 1. The van der Waals surface area contributed by atoms with E-state index >= 15 is 0 Å². The van der Waals surface area contributed by atoms with Crippen LogP contribution in [-0.2, 0) is 0 Å². The maximum Gasteiger partial charge on any atom is 0.0695 e. The normalized spacial score (nSPS) is 24.0. The van der Waals surface area contributed by atoms with E-state index in [-0.39, 0.29) is 6.10 Å². The molecule has 1 saturated carbocycles. The molecule has 1 aliphatic rings. The predicted octanol–water partition coefficient (Wildman–Crippen LogP) is 3.27. The first-order valence-electron chi connectivity index (χ1n) is 9.03. The van der Waals surface area contributed by atoms with E-state index in [2.05, 4.69) is 45.0 Å². The van der Waals surface area contributed by atoms with Crippen molar-refractivity contribution in [1.82, 2.24) is 10.2 Å². The molecule has 0 radical (unpaired) electrons. The van der Waals surface area contributed by atoms with Crippen molar-refractivity contribution >= 4 is 0 Å². The van der Waals surface area contributed by atoms with Crippen LogP contribution in [0.4, 0.5) is 0 Å². The average Bonchev–Trinajstić information content (AvgIpc) is 2.46. The maximum absolute atomic E-state index is 10.3.